The van der Waals surface area contributed by atoms with Crippen LogP contribution in [-0.4, -0.2) is 71.6 Å². The van der Waals surface area contributed by atoms with E-state index in [1.807, 2.05) is 23.6 Å². The summed E-state index contributed by atoms with van der Waals surface area (Å²) in [4.78, 5) is 52.5. The molecule has 5 rings (SSSR count). The van der Waals surface area contributed by atoms with Crippen molar-refractivity contribution in [2.45, 2.75) is 76.9 Å². The van der Waals surface area contributed by atoms with E-state index in [1.165, 1.54) is 11.3 Å². The molecule has 1 N–H and O–H groups in total. The first-order chi connectivity index (χ1) is 24.0. The lowest BCUT2D eigenvalue weighted by molar-refractivity contribution is -0.150. The van der Waals surface area contributed by atoms with E-state index in [9.17, 15) is 14.4 Å². The minimum absolute atomic E-state index is 0.131. The van der Waals surface area contributed by atoms with E-state index < -0.39 is 29.4 Å². The number of carbonyl (C=O) groups is 3. The van der Waals surface area contributed by atoms with Crippen LogP contribution >= 0.6 is 22.9 Å². The molecule has 2 aliphatic rings. The Bertz CT molecular complexity index is 1760. The third-order valence-corrected chi connectivity index (χ3v) is 10.9. The van der Waals surface area contributed by atoms with Gasteiger partial charge in [0, 0.05) is 36.3 Å². The van der Waals surface area contributed by atoms with Gasteiger partial charge in [-0.2, -0.15) is 0 Å². The molecule has 2 saturated carbocycles. The summed E-state index contributed by atoms with van der Waals surface area (Å²) in [6.07, 6.45) is 6.60. The fourth-order valence-corrected chi connectivity index (χ4v) is 7.90. The van der Waals surface area contributed by atoms with E-state index in [0.717, 1.165) is 30.0 Å². The van der Waals surface area contributed by atoms with Crippen LogP contribution in [0.2, 0.25) is 5.02 Å². The average Bonchev–Trinajstić information content (AvgIpc) is 3.39. The summed E-state index contributed by atoms with van der Waals surface area (Å²) >= 11 is 8.29. The number of aromatic nitrogens is 2. The van der Waals surface area contributed by atoms with E-state index >= 15 is 0 Å². The van der Waals surface area contributed by atoms with Gasteiger partial charge in [-0.1, -0.05) is 37.6 Å². The van der Waals surface area contributed by atoms with Crippen molar-refractivity contribution in [3.8, 4) is 22.2 Å². The topological polar surface area (TPSA) is 120 Å². The summed E-state index contributed by atoms with van der Waals surface area (Å²) in [5, 5.41) is 6.74. The molecule has 3 aromatic rings. The van der Waals surface area contributed by atoms with Gasteiger partial charge in [-0.3, -0.25) is 9.59 Å². The number of unbranched alkanes of at least 4 members (excludes halogenated alkanes) is 2. The van der Waals surface area contributed by atoms with Crippen molar-refractivity contribution in [1.82, 2.24) is 20.2 Å². The van der Waals surface area contributed by atoms with Crippen molar-refractivity contribution in [2.75, 3.05) is 27.3 Å². The molecular weight excluding hydrogens is 676 g/mol. The molecule has 0 saturated heterocycles. The first kappa shape index (κ1) is 37.3. The van der Waals surface area contributed by atoms with Gasteiger partial charge < -0.3 is 24.4 Å². The molecule has 0 radical (unpaired) electrons. The van der Waals surface area contributed by atoms with Crippen LogP contribution in [0.1, 0.15) is 70.9 Å². The number of rotatable bonds is 16. The van der Waals surface area contributed by atoms with Gasteiger partial charge in [0.15, 0.2) is 0 Å². The van der Waals surface area contributed by atoms with E-state index in [1.54, 1.807) is 38.1 Å². The molecule has 0 aliphatic heterocycles. The van der Waals surface area contributed by atoms with Gasteiger partial charge in [-0.05, 0) is 63.5 Å². The summed E-state index contributed by atoms with van der Waals surface area (Å²) in [5.74, 6) is -1.39. The number of esters is 1. The van der Waals surface area contributed by atoms with Crippen molar-refractivity contribution in [1.29, 1.82) is 0 Å². The third-order valence-electron chi connectivity index (χ3n) is 9.68. The largest absolute Gasteiger partial charge is 0.495 e. The van der Waals surface area contributed by atoms with Crippen molar-refractivity contribution < 1.29 is 28.6 Å². The lowest BCUT2D eigenvalue weighted by Crippen LogP contribution is -2.50. The molecule has 2 aromatic heterocycles. The van der Waals surface area contributed by atoms with Crippen molar-refractivity contribution >= 4 is 51.6 Å². The van der Waals surface area contributed by atoms with Crippen LogP contribution in [0.5, 0.6) is 11.5 Å². The number of allylic oxidation sites excluding steroid dienone is 1. The Morgan fingerprint density at radius 2 is 1.92 bits per heavy atom. The fraction of sp³-hybridized carbons (Fsp3) is 0.500. The van der Waals surface area contributed by atoms with Gasteiger partial charge in [0.05, 0.1) is 36.8 Å². The van der Waals surface area contributed by atoms with Crippen LogP contribution in [-0.2, 0) is 19.1 Å². The number of amides is 2. The number of methoxy groups -OCH3 is 1. The quantitative estimate of drug-likeness (QED) is 0.0926. The summed E-state index contributed by atoms with van der Waals surface area (Å²) < 4.78 is 17.6. The molecule has 2 aliphatic carbocycles. The molecule has 5 atom stereocenters. The van der Waals surface area contributed by atoms with Crippen LogP contribution in [0, 0.1) is 17.8 Å². The Kier molecular flexibility index (Phi) is 11.9. The highest BCUT2D eigenvalue weighted by Crippen LogP contribution is 2.47. The van der Waals surface area contributed by atoms with Gasteiger partial charge in [0.25, 0.3) is 0 Å². The number of hydrogen-bond donors (Lipinski definition) is 1. The zero-order valence-electron chi connectivity index (χ0n) is 29.5. The number of thiazole rings is 1. The smallest absolute Gasteiger partial charge is 0.332 e. The van der Waals surface area contributed by atoms with E-state index in [0.29, 0.717) is 52.5 Å². The zero-order chi connectivity index (χ0) is 36.2. The number of benzene rings is 1. The van der Waals surface area contributed by atoms with Crippen LogP contribution in [0.4, 0.5) is 0 Å². The molecule has 2 fully saturated rings. The maximum Gasteiger partial charge on any atom is 0.332 e. The number of carbonyl (C=O) groups excluding carboxylic acids is 3. The predicted molar refractivity (Wildman–Crippen MR) is 197 cm³/mol. The highest BCUT2D eigenvalue weighted by Gasteiger charge is 2.62. The monoisotopic (exact) mass is 722 g/mol. The number of nitrogens with one attached hydrogen (secondary N) is 1. The van der Waals surface area contributed by atoms with E-state index in [4.69, 9.17) is 35.8 Å². The standard InChI is InChI=1S/C38H47ClN4O6S/c1-8-11-12-13-16-43(6)36(45)27-18-24(17-26(27)34(44)42-38(20-23(38)9-2)37(46)48-10-3)49-31-19-28(35-41-29(21-50-35)22(4)5)40-33-25(31)14-15-30(47-7)32(33)39/h8-9,14-15,19,21-24,26-27H,1-2,10-13,16-18,20H2,3-7H3,(H,42,44)/t23-,24?,26-,27-,38-/m1/s1. The Hall–Kier alpha value is -3.96. The van der Waals surface area contributed by atoms with Gasteiger partial charge in [-0.25, -0.2) is 14.8 Å². The number of pyridine rings is 1. The highest BCUT2D eigenvalue weighted by atomic mass is 35.5. The molecular formula is C38H47ClN4O6S. The summed E-state index contributed by atoms with van der Waals surface area (Å²) in [6, 6.07) is 5.45. The molecule has 1 unspecified atom stereocenters. The molecule has 12 heteroatoms. The molecule has 50 heavy (non-hydrogen) atoms. The lowest BCUT2D eigenvalue weighted by atomic mass is 9.93. The molecule has 2 heterocycles. The van der Waals surface area contributed by atoms with Gasteiger partial charge in [0.1, 0.15) is 38.9 Å². The predicted octanol–water partition coefficient (Wildman–Crippen LogP) is 7.36. The molecule has 0 spiro atoms. The number of halogens is 1. The fourth-order valence-electron chi connectivity index (χ4n) is 6.68. The normalized spacial score (nSPS) is 22.6. The third kappa shape index (κ3) is 7.68. The van der Waals surface area contributed by atoms with Crippen molar-refractivity contribution in [3.05, 3.63) is 59.6 Å². The average molecular weight is 723 g/mol. The number of ether oxygens (including phenoxy) is 3. The summed E-state index contributed by atoms with van der Waals surface area (Å²) in [6.45, 7) is 14.3. The molecule has 268 valence electrons. The molecule has 1 aromatic carbocycles. The number of hydrogen-bond acceptors (Lipinski definition) is 9. The maximum absolute atomic E-state index is 14.1. The second kappa shape index (κ2) is 15.9. The Balaban J connectivity index is 1.47. The lowest BCUT2D eigenvalue weighted by Gasteiger charge is -2.26. The minimum atomic E-state index is -1.17. The summed E-state index contributed by atoms with van der Waals surface area (Å²) in [5.41, 5.74) is 0.881. The molecule has 0 bridgehead atoms. The van der Waals surface area contributed by atoms with E-state index in [2.05, 4.69) is 32.3 Å². The zero-order valence-corrected chi connectivity index (χ0v) is 31.1. The first-order valence-corrected chi connectivity index (χ1v) is 18.5. The van der Waals surface area contributed by atoms with Gasteiger partial charge >= 0.3 is 5.97 Å². The Labute approximate surface area is 303 Å². The van der Waals surface area contributed by atoms with Crippen molar-refractivity contribution in [3.63, 3.8) is 0 Å². The minimum Gasteiger partial charge on any atom is -0.495 e. The van der Waals surface area contributed by atoms with Crippen molar-refractivity contribution in [2.24, 2.45) is 17.8 Å². The SMILES string of the molecule is C=CCCCCN(C)C(=O)[C@@H]1CC(Oc2cc(-c3nc(C(C)C)cs3)nc3c(Cl)c(OC)ccc23)C[C@H]1C(=O)N[C@]1(C(=O)OCC)C[C@H]1C=C. The Morgan fingerprint density at radius 3 is 2.56 bits per heavy atom. The maximum atomic E-state index is 14.1. The van der Waals surface area contributed by atoms with Crippen LogP contribution < -0.4 is 14.8 Å². The molecule has 2 amide bonds. The second-order valence-corrected chi connectivity index (χ2v) is 14.6. The highest BCUT2D eigenvalue weighted by molar-refractivity contribution is 7.13. The first-order valence-electron chi connectivity index (χ1n) is 17.2. The van der Waals surface area contributed by atoms with Gasteiger partial charge in [0.2, 0.25) is 11.8 Å². The number of nitrogens with zero attached hydrogens (tertiary/aromatic N) is 3. The second-order valence-electron chi connectivity index (χ2n) is 13.4. The van der Waals surface area contributed by atoms with Crippen LogP contribution in [0.25, 0.3) is 21.6 Å². The number of fused-ring (bicyclic) bond motifs is 1. The Morgan fingerprint density at radius 1 is 1.16 bits per heavy atom. The van der Waals surface area contributed by atoms with Crippen LogP contribution in [0.3, 0.4) is 0 Å². The van der Waals surface area contributed by atoms with E-state index in [-0.39, 0.29) is 36.7 Å². The molecule has 10 nitrogen and oxygen atoms in total. The summed E-state index contributed by atoms with van der Waals surface area (Å²) in [7, 11) is 3.32. The van der Waals surface area contributed by atoms with Crippen LogP contribution in [0.15, 0.2) is 48.9 Å². The van der Waals surface area contributed by atoms with Gasteiger partial charge in [-0.15, -0.1) is 24.5 Å².